The van der Waals surface area contributed by atoms with Gasteiger partial charge in [0.1, 0.15) is 12.6 Å². The van der Waals surface area contributed by atoms with Gasteiger partial charge in [-0.25, -0.2) is 0 Å². The molecule has 0 N–H and O–H groups in total. The van der Waals surface area contributed by atoms with E-state index < -0.39 is 18.1 Å². The Morgan fingerprint density at radius 3 is 1.34 bits per heavy atom. The quantitative estimate of drug-likeness (QED) is 0.0260. The van der Waals surface area contributed by atoms with Crippen LogP contribution in [0.1, 0.15) is 200 Å². The van der Waals surface area contributed by atoms with E-state index in [0.717, 1.165) is 89.9 Å². The molecule has 0 bridgehead atoms. The molecule has 356 valence electrons. The number of allylic oxidation sites excluding steroid dienone is 12. The topological polar surface area (TPSA) is 102 Å². The summed E-state index contributed by atoms with van der Waals surface area (Å²) in [6.45, 7) is 4.51. The number of esters is 2. The molecule has 0 saturated carbocycles. The molecule has 0 heterocycles. The Morgan fingerprint density at radius 1 is 0.500 bits per heavy atom. The maximum absolute atomic E-state index is 12.8. The number of hydrogen-bond donors (Lipinski definition) is 0. The number of carbonyl (C=O) groups is 3. The Hall–Kier alpha value is -3.23. The van der Waals surface area contributed by atoms with Crippen LogP contribution in [-0.4, -0.2) is 75.5 Å². The van der Waals surface area contributed by atoms with Crippen molar-refractivity contribution in [3.63, 3.8) is 0 Å². The van der Waals surface area contributed by atoms with E-state index in [4.69, 9.17) is 14.2 Å². The van der Waals surface area contributed by atoms with E-state index >= 15 is 0 Å². The Balaban J connectivity index is 4.29. The fraction of sp³-hybridized carbons (Fsp3) is 0.722. The minimum absolute atomic E-state index is 0.0312. The number of nitrogens with zero attached hydrogens (tertiary/aromatic N) is 1. The summed E-state index contributed by atoms with van der Waals surface area (Å²) >= 11 is 0. The van der Waals surface area contributed by atoms with Crippen molar-refractivity contribution < 1.29 is 38.2 Å². The van der Waals surface area contributed by atoms with Gasteiger partial charge >= 0.3 is 11.9 Å². The number of quaternary nitrogens is 1. The molecular weight excluding hydrogens is 775 g/mol. The van der Waals surface area contributed by atoms with E-state index in [2.05, 4.69) is 86.8 Å². The Labute approximate surface area is 381 Å². The summed E-state index contributed by atoms with van der Waals surface area (Å²) in [6, 6.07) is -0.732. The highest BCUT2D eigenvalue weighted by Crippen LogP contribution is 2.14. The zero-order chi connectivity index (χ0) is 45.6. The van der Waals surface area contributed by atoms with Crippen molar-refractivity contribution in [3.05, 3.63) is 72.9 Å². The molecule has 0 aliphatic heterocycles. The van der Waals surface area contributed by atoms with Crippen LogP contribution in [-0.2, 0) is 28.6 Å². The molecule has 0 fully saturated rings. The number of rotatable bonds is 44. The Morgan fingerprint density at radius 2 is 0.903 bits per heavy atom. The van der Waals surface area contributed by atoms with Gasteiger partial charge in [-0.3, -0.25) is 9.59 Å². The number of likely N-dealkylation sites (N-methyl/N-ethyl adjacent to an activating group) is 1. The van der Waals surface area contributed by atoms with Gasteiger partial charge in [-0.05, 0) is 83.5 Å². The second-order valence-electron chi connectivity index (χ2n) is 17.7. The van der Waals surface area contributed by atoms with Gasteiger partial charge in [0.15, 0.2) is 6.10 Å². The molecule has 0 radical (unpaired) electrons. The summed E-state index contributed by atoms with van der Waals surface area (Å²) in [5.74, 6) is -1.76. The molecule has 0 spiro atoms. The molecule has 0 amide bonds. The first-order chi connectivity index (χ1) is 30.1. The monoisotopic (exact) mass is 868 g/mol. The summed E-state index contributed by atoms with van der Waals surface area (Å²) in [7, 11) is 5.40. The van der Waals surface area contributed by atoms with Gasteiger partial charge in [0.25, 0.3) is 0 Å². The standard InChI is InChI=1S/C54H93NO7/c1-6-8-10-12-14-16-18-20-22-24-25-26-27-28-29-31-33-35-37-39-41-43-45-53(57)62-50(48-60-47-46-51(54(58)59)55(3,4)5)49-61-52(56)44-42-40-38-36-34-32-30-23-21-19-17-15-13-11-9-7-2/h9,11,14-17,20-23,25-26,50-51H,6-8,10,12-13,18-19,24,27-49H2,1-5H3/b11-9+,16-14+,17-15+,22-20+,23-21+,26-25+. The highest BCUT2D eigenvalue weighted by molar-refractivity contribution is 5.70. The summed E-state index contributed by atoms with van der Waals surface area (Å²) in [4.78, 5) is 37.0. The lowest BCUT2D eigenvalue weighted by atomic mass is 10.1. The summed E-state index contributed by atoms with van der Waals surface area (Å²) in [6.07, 6.45) is 56.4. The predicted molar refractivity (Wildman–Crippen MR) is 259 cm³/mol. The summed E-state index contributed by atoms with van der Waals surface area (Å²) in [5, 5.41) is 11.7. The van der Waals surface area contributed by atoms with Crippen LogP contribution in [0.5, 0.6) is 0 Å². The molecule has 0 aromatic heterocycles. The second kappa shape index (κ2) is 44.4. The number of unbranched alkanes of at least 4 members (excludes halogenated alkanes) is 18. The zero-order valence-corrected chi connectivity index (χ0v) is 40.5. The van der Waals surface area contributed by atoms with Crippen molar-refractivity contribution >= 4 is 17.9 Å². The van der Waals surface area contributed by atoms with E-state index in [1.165, 1.54) is 77.0 Å². The van der Waals surface area contributed by atoms with Crippen LogP contribution in [0.15, 0.2) is 72.9 Å². The Bertz CT molecular complexity index is 1240. The normalized spacial score (nSPS) is 13.5. The summed E-state index contributed by atoms with van der Waals surface area (Å²) in [5.41, 5.74) is 0. The molecule has 0 rings (SSSR count). The van der Waals surface area contributed by atoms with Crippen molar-refractivity contribution in [1.82, 2.24) is 0 Å². The van der Waals surface area contributed by atoms with Crippen molar-refractivity contribution in [2.45, 2.75) is 212 Å². The average molecular weight is 868 g/mol. The van der Waals surface area contributed by atoms with Crippen molar-refractivity contribution in [2.75, 3.05) is 41.0 Å². The molecule has 62 heavy (non-hydrogen) atoms. The van der Waals surface area contributed by atoms with Gasteiger partial charge in [0.2, 0.25) is 0 Å². The van der Waals surface area contributed by atoms with Crippen LogP contribution in [0.3, 0.4) is 0 Å². The minimum Gasteiger partial charge on any atom is -0.544 e. The molecule has 0 aliphatic rings. The van der Waals surface area contributed by atoms with Crippen LogP contribution in [0, 0.1) is 0 Å². The largest absolute Gasteiger partial charge is 0.544 e. The molecule has 8 nitrogen and oxygen atoms in total. The third-order valence-electron chi connectivity index (χ3n) is 10.8. The number of carbonyl (C=O) groups excluding carboxylic acids is 3. The molecule has 2 unspecified atom stereocenters. The van der Waals surface area contributed by atoms with E-state index in [-0.39, 0.29) is 42.7 Å². The van der Waals surface area contributed by atoms with E-state index in [1.54, 1.807) is 21.1 Å². The molecular formula is C54H93NO7. The summed E-state index contributed by atoms with van der Waals surface area (Å²) < 4.78 is 17.2. The number of carboxylic acids is 1. The van der Waals surface area contributed by atoms with Crippen molar-refractivity contribution in [2.24, 2.45) is 0 Å². The van der Waals surface area contributed by atoms with Gasteiger partial charge in [0.05, 0.1) is 40.3 Å². The zero-order valence-electron chi connectivity index (χ0n) is 40.5. The highest BCUT2D eigenvalue weighted by atomic mass is 16.6. The minimum atomic E-state index is -1.13. The fourth-order valence-corrected chi connectivity index (χ4v) is 6.97. The first kappa shape index (κ1) is 58.8. The third kappa shape index (κ3) is 42.1. The molecule has 0 saturated heterocycles. The number of hydrogen-bond acceptors (Lipinski definition) is 7. The lowest BCUT2D eigenvalue weighted by Crippen LogP contribution is -2.55. The SMILES string of the molecule is CC/C=C/C/C=C/C/C=C/CCCCCCCCC(=O)OCC(COCCC(C(=O)[O-])[N+](C)(C)C)OC(=O)CCCCCCCCCCC/C=C/C/C=C/C/C=C/CCCCC. The van der Waals surface area contributed by atoms with Crippen LogP contribution in [0.4, 0.5) is 0 Å². The third-order valence-corrected chi connectivity index (χ3v) is 10.8. The maximum Gasteiger partial charge on any atom is 0.306 e. The van der Waals surface area contributed by atoms with Crippen molar-refractivity contribution in [3.8, 4) is 0 Å². The smallest absolute Gasteiger partial charge is 0.306 e. The van der Waals surface area contributed by atoms with Crippen LogP contribution < -0.4 is 5.11 Å². The Kier molecular flexibility index (Phi) is 42.1. The molecule has 0 aromatic rings. The molecule has 2 atom stereocenters. The number of carboxylic acid groups (broad SMARTS) is 1. The highest BCUT2D eigenvalue weighted by Gasteiger charge is 2.25. The van der Waals surface area contributed by atoms with E-state index in [0.29, 0.717) is 12.8 Å². The van der Waals surface area contributed by atoms with Gasteiger partial charge in [-0.1, -0.05) is 170 Å². The average Bonchev–Trinajstić information content (AvgIpc) is 3.23. The fourth-order valence-electron chi connectivity index (χ4n) is 6.97. The molecule has 0 aromatic carbocycles. The second-order valence-corrected chi connectivity index (χ2v) is 17.7. The van der Waals surface area contributed by atoms with Crippen LogP contribution in [0.2, 0.25) is 0 Å². The number of ether oxygens (including phenoxy) is 3. The predicted octanol–water partition coefficient (Wildman–Crippen LogP) is 13.0. The lowest BCUT2D eigenvalue weighted by Gasteiger charge is -2.34. The molecule has 0 aliphatic carbocycles. The van der Waals surface area contributed by atoms with Crippen molar-refractivity contribution in [1.29, 1.82) is 0 Å². The number of aliphatic carboxylic acids is 1. The van der Waals surface area contributed by atoms with E-state index in [1.807, 2.05) is 0 Å². The van der Waals surface area contributed by atoms with Crippen LogP contribution >= 0.6 is 0 Å². The van der Waals surface area contributed by atoms with Crippen LogP contribution in [0.25, 0.3) is 0 Å². The van der Waals surface area contributed by atoms with E-state index in [9.17, 15) is 19.5 Å². The maximum atomic E-state index is 12.8. The van der Waals surface area contributed by atoms with Gasteiger partial charge in [-0.15, -0.1) is 0 Å². The lowest BCUT2D eigenvalue weighted by molar-refractivity contribution is -0.889. The van der Waals surface area contributed by atoms with Gasteiger partial charge in [0, 0.05) is 19.3 Å². The van der Waals surface area contributed by atoms with Gasteiger partial charge in [-0.2, -0.15) is 0 Å². The molecule has 8 heteroatoms. The first-order valence-electron chi connectivity index (χ1n) is 25.0. The first-order valence-corrected chi connectivity index (χ1v) is 25.0. The van der Waals surface area contributed by atoms with Gasteiger partial charge < -0.3 is 28.6 Å².